The molecule has 0 aliphatic heterocycles. The number of amides is 1. The second-order valence-corrected chi connectivity index (χ2v) is 11.5. The largest absolute Gasteiger partial charge is 0.508 e. The Balaban J connectivity index is 1.20. The Morgan fingerprint density at radius 2 is 2.00 bits per heavy atom. The van der Waals surface area contributed by atoms with Crippen molar-refractivity contribution in [3.8, 4) is 5.75 Å². The van der Waals surface area contributed by atoms with Crippen molar-refractivity contribution in [2.24, 2.45) is 18.9 Å². The second-order valence-electron chi connectivity index (χ2n) is 11.5. The van der Waals surface area contributed by atoms with Crippen LogP contribution in [-0.4, -0.2) is 20.8 Å². The highest BCUT2D eigenvalue weighted by Gasteiger charge is 2.58. The lowest BCUT2D eigenvalue weighted by molar-refractivity contribution is -0.121. The Morgan fingerprint density at radius 1 is 1.17 bits per heavy atom. The number of phenols is 1. The molecule has 5 nitrogen and oxygen atoms in total. The minimum Gasteiger partial charge on any atom is -0.508 e. The molecule has 0 radical (unpaired) electrons. The molecule has 5 atom stereocenters. The van der Waals surface area contributed by atoms with Gasteiger partial charge in [-0.1, -0.05) is 43.3 Å². The topological polar surface area (TPSA) is 67.1 Å². The van der Waals surface area contributed by atoms with Crippen LogP contribution >= 0.6 is 0 Å². The summed E-state index contributed by atoms with van der Waals surface area (Å²) in [6.45, 7) is 3.05. The zero-order valence-corrected chi connectivity index (χ0v) is 21.4. The van der Waals surface area contributed by atoms with Gasteiger partial charge in [-0.15, -0.1) is 0 Å². The number of fused-ring (bicyclic) bond motifs is 7. The predicted octanol–water partition coefficient (Wildman–Crippen LogP) is 5.72. The average molecular weight is 484 g/mol. The molecule has 1 amide bonds. The smallest absolute Gasteiger partial charge is 0.220 e. The number of carbonyl (C=O) groups is 1. The molecule has 3 aliphatic carbocycles. The fourth-order valence-electron chi connectivity index (χ4n) is 7.95. The number of carbonyl (C=O) groups excluding carboxylic acids is 1. The van der Waals surface area contributed by atoms with Crippen molar-refractivity contribution in [1.82, 2.24) is 15.1 Å². The van der Waals surface area contributed by atoms with Gasteiger partial charge >= 0.3 is 0 Å². The number of benzene rings is 2. The number of nitrogens with one attached hydrogen (secondary N) is 1. The Labute approximate surface area is 213 Å². The van der Waals surface area contributed by atoms with Gasteiger partial charge in [-0.2, -0.15) is 5.10 Å². The van der Waals surface area contributed by atoms with E-state index < -0.39 is 0 Å². The number of hydrogen-bond donors (Lipinski definition) is 2. The monoisotopic (exact) mass is 483 g/mol. The van der Waals surface area contributed by atoms with E-state index in [4.69, 9.17) is 5.10 Å². The summed E-state index contributed by atoms with van der Waals surface area (Å²) in [4.78, 5) is 12.6. The molecule has 0 unspecified atom stereocenters. The maximum absolute atomic E-state index is 12.6. The van der Waals surface area contributed by atoms with E-state index >= 15 is 0 Å². The zero-order chi connectivity index (χ0) is 24.9. The van der Waals surface area contributed by atoms with Crippen molar-refractivity contribution in [2.45, 2.75) is 75.7 Å². The highest BCUT2D eigenvalue weighted by atomic mass is 16.3. The van der Waals surface area contributed by atoms with Gasteiger partial charge in [0.1, 0.15) is 5.75 Å². The maximum Gasteiger partial charge on any atom is 0.220 e. The lowest BCUT2D eigenvalue weighted by Gasteiger charge is -2.50. The van der Waals surface area contributed by atoms with Crippen LogP contribution in [0.5, 0.6) is 5.75 Å². The normalized spacial score (nSPS) is 28.1. The van der Waals surface area contributed by atoms with Gasteiger partial charge in [-0.25, -0.2) is 0 Å². The van der Waals surface area contributed by atoms with Crippen molar-refractivity contribution in [2.75, 3.05) is 0 Å². The van der Waals surface area contributed by atoms with Gasteiger partial charge in [-0.05, 0) is 96.6 Å². The first-order valence-electron chi connectivity index (χ1n) is 13.6. The molecule has 5 heteroatoms. The van der Waals surface area contributed by atoms with Gasteiger partial charge in [0.2, 0.25) is 5.91 Å². The molecule has 1 saturated carbocycles. The molecular weight excluding hydrogens is 446 g/mol. The van der Waals surface area contributed by atoms with E-state index in [1.54, 1.807) is 0 Å². The van der Waals surface area contributed by atoms with E-state index in [0.717, 1.165) is 31.2 Å². The second kappa shape index (κ2) is 9.10. The minimum absolute atomic E-state index is 0.104. The summed E-state index contributed by atoms with van der Waals surface area (Å²) in [6.07, 6.45) is 9.29. The first-order chi connectivity index (χ1) is 17.4. The molecule has 6 rings (SSSR count). The molecule has 2 N–H and O–H groups in total. The van der Waals surface area contributed by atoms with Crippen molar-refractivity contribution in [3.63, 3.8) is 0 Å². The van der Waals surface area contributed by atoms with Crippen LogP contribution in [0.15, 0.2) is 54.7 Å². The first-order valence-corrected chi connectivity index (χ1v) is 13.6. The fraction of sp³-hybridized carbons (Fsp3) is 0.484. The van der Waals surface area contributed by atoms with Crippen LogP contribution in [0, 0.1) is 11.8 Å². The third-order valence-corrected chi connectivity index (χ3v) is 9.44. The number of rotatable bonds is 6. The van der Waals surface area contributed by atoms with Gasteiger partial charge < -0.3 is 10.4 Å². The molecule has 36 heavy (non-hydrogen) atoms. The number of phenolic OH excluding ortho intramolecular Hbond substituents is 1. The minimum atomic E-state index is 0.104. The van der Waals surface area contributed by atoms with Gasteiger partial charge in [0.25, 0.3) is 0 Å². The SMILES string of the molecule is Cn1cc2c(n1)[C@@]1(C)CC[C@@H]3c4ccc(O)cc4CC[C@H]3[C@@H]1[C@@H]2CCCC(=O)NCc1ccccc1. The van der Waals surface area contributed by atoms with Gasteiger partial charge in [0.05, 0.1) is 5.69 Å². The van der Waals surface area contributed by atoms with Crippen LogP contribution < -0.4 is 5.32 Å². The summed E-state index contributed by atoms with van der Waals surface area (Å²) < 4.78 is 2.00. The zero-order valence-electron chi connectivity index (χ0n) is 21.4. The Kier molecular flexibility index (Phi) is 5.89. The van der Waals surface area contributed by atoms with Gasteiger partial charge in [0.15, 0.2) is 0 Å². The van der Waals surface area contributed by atoms with Crippen molar-refractivity contribution in [3.05, 3.63) is 82.7 Å². The molecule has 1 aromatic heterocycles. The average Bonchev–Trinajstić information content (AvgIpc) is 3.37. The third kappa shape index (κ3) is 3.93. The third-order valence-electron chi connectivity index (χ3n) is 9.44. The standard InChI is InChI=1S/C31H37N3O2/c1-31-16-15-24-23-14-12-22(35)17-21(23)11-13-26(24)29(31)25(27-19-34(2)33-30(27)31)9-6-10-28(36)32-18-20-7-4-3-5-8-20/h3-5,7-8,12,14,17,19,24-26,29,35H,6,9-11,13,15-16,18H2,1-2H3,(H,32,36)/t24-,25-,26-,29+,31+/m1/s1. The first kappa shape index (κ1) is 23.3. The molecule has 2 aromatic carbocycles. The molecule has 1 heterocycles. The van der Waals surface area contributed by atoms with Crippen molar-refractivity contribution in [1.29, 1.82) is 0 Å². The summed E-state index contributed by atoms with van der Waals surface area (Å²) in [5.74, 6) is 2.71. The summed E-state index contributed by atoms with van der Waals surface area (Å²) in [5.41, 5.74) is 6.76. The van der Waals surface area contributed by atoms with Crippen LogP contribution in [0.3, 0.4) is 0 Å². The molecule has 3 aromatic rings. The highest BCUT2D eigenvalue weighted by Crippen LogP contribution is 2.64. The predicted molar refractivity (Wildman–Crippen MR) is 141 cm³/mol. The highest BCUT2D eigenvalue weighted by molar-refractivity contribution is 5.75. The van der Waals surface area contributed by atoms with E-state index in [1.807, 2.05) is 54.2 Å². The van der Waals surface area contributed by atoms with Crippen LogP contribution in [-0.2, 0) is 30.2 Å². The maximum atomic E-state index is 12.6. The number of aromatic hydroxyl groups is 1. The van der Waals surface area contributed by atoms with Crippen LogP contribution in [0.2, 0.25) is 0 Å². The summed E-state index contributed by atoms with van der Waals surface area (Å²) in [6, 6.07) is 16.1. The van der Waals surface area contributed by atoms with Gasteiger partial charge in [0, 0.05) is 31.6 Å². The van der Waals surface area contributed by atoms with Crippen molar-refractivity contribution >= 4 is 5.91 Å². The van der Waals surface area contributed by atoms with Crippen molar-refractivity contribution < 1.29 is 9.90 Å². The lowest BCUT2D eigenvalue weighted by Crippen LogP contribution is -2.44. The van der Waals surface area contributed by atoms with E-state index in [1.165, 1.54) is 35.2 Å². The number of hydrogen-bond acceptors (Lipinski definition) is 3. The number of aryl methyl sites for hydroxylation is 2. The van der Waals surface area contributed by atoms with E-state index in [0.29, 0.717) is 42.4 Å². The van der Waals surface area contributed by atoms with Crippen LogP contribution in [0.25, 0.3) is 0 Å². The lowest BCUT2D eigenvalue weighted by atomic mass is 9.53. The quantitative estimate of drug-likeness (QED) is 0.471. The molecular formula is C31H37N3O2. The molecule has 1 fully saturated rings. The van der Waals surface area contributed by atoms with Gasteiger partial charge in [-0.3, -0.25) is 9.48 Å². The van der Waals surface area contributed by atoms with E-state index in [9.17, 15) is 9.90 Å². The van der Waals surface area contributed by atoms with Crippen LogP contribution in [0.4, 0.5) is 0 Å². The molecule has 0 saturated heterocycles. The number of nitrogens with zero attached hydrogens (tertiary/aromatic N) is 2. The summed E-state index contributed by atoms with van der Waals surface area (Å²) >= 11 is 0. The number of aromatic nitrogens is 2. The summed E-state index contributed by atoms with van der Waals surface area (Å²) in [5, 5.41) is 18.1. The van der Waals surface area contributed by atoms with E-state index in [2.05, 4.69) is 24.5 Å². The molecule has 188 valence electrons. The summed E-state index contributed by atoms with van der Waals surface area (Å²) in [7, 11) is 2.04. The Morgan fingerprint density at radius 3 is 2.83 bits per heavy atom. The Hall–Kier alpha value is -3.08. The Bertz CT molecular complexity index is 1270. The molecule has 0 bridgehead atoms. The molecule has 3 aliphatic rings. The van der Waals surface area contributed by atoms with E-state index in [-0.39, 0.29) is 11.3 Å². The fourth-order valence-corrected chi connectivity index (χ4v) is 7.95. The molecule has 0 spiro atoms. The van der Waals surface area contributed by atoms with Crippen LogP contribution in [0.1, 0.15) is 85.2 Å².